The third-order valence-corrected chi connectivity index (χ3v) is 4.94. The van der Waals surface area contributed by atoms with E-state index in [-0.39, 0.29) is 24.5 Å². The highest BCUT2D eigenvalue weighted by Gasteiger charge is 2.47. The molecule has 2 unspecified atom stereocenters. The van der Waals surface area contributed by atoms with Gasteiger partial charge in [-0.1, -0.05) is 26.0 Å². The number of carbonyl (C=O) groups is 2. The van der Waals surface area contributed by atoms with Gasteiger partial charge in [-0.05, 0) is 31.4 Å². The lowest BCUT2D eigenvalue weighted by molar-refractivity contribution is -0.154. The fraction of sp³-hybridized carbons (Fsp3) is 0.550. The maximum atomic E-state index is 13.3. The number of aromatic nitrogens is 2. The van der Waals surface area contributed by atoms with Gasteiger partial charge < -0.3 is 14.0 Å². The molecule has 0 saturated carbocycles. The summed E-state index contributed by atoms with van der Waals surface area (Å²) in [6.07, 6.45) is 0.660. The molecular formula is C20H27N3O4. The van der Waals surface area contributed by atoms with E-state index in [1.807, 2.05) is 42.7 Å². The Labute approximate surface area is 159 Å². The van der Waals surface area contributed by atoms with Crippen LogP contribution in [0.1, 0.15) is 33.2 Å². The second-order valence-corrected chi connectivity index (χ2v) is 7.07. The van der Waals surface area contributed by atoms with Crippen molar-refractivity contribution < 1.29 is 19.1 Å². The zero-order valence-corrected chi connectivity index (χ0v) is 16.3. The number of hydrogen-bond acceptors (Lipinski definition) is 5. The first-order chi connectivity index (χ1) is 13.0. The maximum Gasteiger partial charge on any atom is 0.320 e. The molecule has 3 rings (SSSR count). The van der Waals surface area contributed by atoms with Crippen LogP contribution < -0.4 is 4.90 Å². The minimum absolute atomic E-state index is 0.0563. The van der Waals surface area contributed by atoms with Crippen molar-refractivity contribution in [1.82, 2.24) is 9.55 Å². The van der Waals surface area contributed by atoms with Crippen molar-refractivity contribution in [2.45, 2.75) is 33.2 Å². The molecule has 0 N–H and O–H groups in total. The summed E-state index contributed by atoms with van der Waals surface area (Å²) < 4.78 is 12.4. The van der Waals surface area contributed by atoms with Crippen LogP contribution in [0, 0.1) is 11.8 Å². The molecule has 0 bridgehead atoms. The van der Waals surface area contributed by atoms with E-state index in [0.717, 1.165) is 11.0 Å². The number of fused-ring (bicyclic) bond motifs is 3. The molecule has 0 saturated heterocycles. The zero-order valence-electron chi connectivity index (χ0n) is 16.3. The van der Waals surface area contributed by atoms with Gasteiger partial charge in [0.05, 0.1) is 23.7 Å². The van der Waals surface area contributed by atoms with Gasteiger partial charge in [0.2, 0.25) is 11.9 Å². The van der Waals surface area contributed by atoms with E-state index >= 15 is 0 Å². The first-order valence-corrected chi connectivity index (χ1v) is 9.45. The first-order valence-electron chi connectivity index (χ1n) is 9.45. The highest BCUT2D eigenvalue weighted by atomic mass is 16.5. The summed E-state index contributed by atoms with van der Waals surface area (Å²) in [5.41, 5.74) is 1.73. The van der Waals surface area contributed by atoms with Gasteiger partial charge >= 0.3 is 5.97 Å². The van der Waals surface area contributed by atoms with E-state index in [4.69, 9.17) is 14.5 Å². The van der Waals surface area contributed by atoms with Gasteiger partial charge in [-0.25, -0.2) is 4.98 Å². The topological polar surface area (TPSA) is 73.7 Å². The molecule has 0 radical (unpaired) electrons. The molecule has 2 heterocycles. The van der Waals surface area contributed by atoms with Crippen LogP contribution in [0.15, 0.2) is 24.3 Å². The Balaban J connectivity index is 2.16. The summed E-state index contributed by atoms with van der Waals surface area (Å²) in [5, 5.41) is 0. The summed E-state index contributed by atoms with van der Waals surface area (Å²) in [5.74, 6) is -0.942. The Morgan fingerprint density at radius 2 is 2.04 bits per heavy atom. The van der Waals surface area contributed by atoms with Gasteiger partial charge in [0, 0.05) is 20.3 Å². The maximum absolute atomic E-state index is 13.3. The number of ether oxygens (including phenoxy) is 2. The van der Waals surface area contributed by atoms with Gasteiger partial charge in [0.15, 0.2) is 5.92 Å². The van der Waals surface area contributed by atoms with E-state index in [1.165, 1.54) is 0 Å². The second-order valence-electron chi connectivity index (χ2n) is 7.07. The Bertz CT molecular complexity index is 830. The highest BCUT2D eigenvalue weighted by Crippen LogP contribution is 2.41. The van der Waals surface area contributed by atoms with Crippen LogP contribution in [0.25, 0.3) is 11.0 Å². The Morgan fingerprint density at radius 3 is 2.70 bits per heavy atom. The molecule has 0 fully saturated rings. The fourth-order valence-electron chi connectivity index (χ4n) is 3.81. The number of benzene rings is 1. The van der Waals surface area contributed by atoms with Crippen LogP contribution >= 0.6 is 0 Å². The van der Waals surface area contributed by atoms with Crippen LogP contribution in [0.4, 0.5) is 5.95 Å². The number of amides is 1. The Morgan fingerprint density at radius 1 is 1.30 bits per heavy atom. The molecule has 146 valence electrons. The van der Waals surface area contributed by atoms with Crippen molar-refractivity contribution in [1.29, 1.82) is 0 Å². The van der Waals surface area contributed by atoms with Crippen molar-refractivity contribution in [3.8, 4) is 0 Å². The standard InChI is InChI=1S/C20H27N3O4/c1-5-27-19(25)16-17(13(2)3)23-15-10-7-6-9-14(15)21-20(23)22(18(16)24)11-8-12-26-4/h6-7,9-10,13,16-17H,5,8,11-12H2,1-4H3. The number of para-hydroxylation sites is 2. The van der Waals surface area contributed by atoms with Crippen molar-refractivity contribution in [3.05, 3.63) is 24.3 Å². The molecule has 2 atom stereocenters. The van der Waals surface area contributed by atoms with E-state index in [2.05, 4.69) is 0 Å². The van der Waals surface area contributed by atoms with Gasteiger partial charge in [-0.3, -0.25) is 14.5 Å². The highest BCUT2D eigenvalue weighted by molar-refractivity contribution is 6.08. The van der Waals surface area contributed by atoms with Crippen LogP contribution in [0.5, 0.6) is 0 Å². The number of nitrogens with zero attached hydrogens (tertiary/aromatic N) is 3. The number of esters is 1. The van der Waals surface area contributed by atoms with Crippen molar-refractivity contribution in [3.63, 3.8) is 0 Å². The minimum Gasteiger partial charge on any atom is -0.465 e. The smallest absolute Gasteiger partial charge is 0.320 e. The number of anilines is 1. The normalized spacial score (nSPS) is 19.6. The SMILES string of the molecule is CCOC(=O)C1C(=O)N(CCCOC)c2nc3ccccc3n2C1C(C)C. The molecule has 2 aromatic rings. The summed E-state index contributed by atoms with van der Waals surface area (Å²) >= 11 is 0. The van der Waals surface area contributed by atoms with Crippen LogP contribution in [-0.4, -0.2) is 48.3 Å². The van der Waals surface area contributed by atoms with E-state index in [1.54, 1.807) is 18.9 Å². The van der Waals surface area contributed by atoms with E-state index in [9.17, 15) is 9.59 Å². The number of hydrogen-bond donors (Lipinski definition) is 0. The molecule has 1 amide bonds. The summed E-state index contributed by atoms with van der Waals surface area (Å²) in [6, 6.07) is 7.44. The van der Waals surface area contributed by atoms with Gasteiger partial charge in [-0.2, -0.15) is 0 Å². The largest absolute Gasteiger partial charge is 0.465 e. The number of carbonyl (C=O) groups excluding carboxylic acids is 2. The van der Waals surface area contributed by atoms with E-state index < -0.39 is 11.9 Å². The quantitative estimate of drug-likeness (QED) is 0.424. The predicted octanol–water partition coefficient (Wildman–Crippen LogP) is 2.80. The average molecular weight is 373 g/mol. The molecule has 0 spiro atoms. The summed E-state index contributed by atoms with van der Waals surface area (Å²) in [4.78, 5) is 32.4. The van der Waals surface area contributed by atoms with Crippen molar-refractivity contribution in [2.75, 3.05) is 31.8 Å². The molecule has 1 aliphatic heterocycles. The average Bonchev–Trinajstić information content (AvgIpc) is 3.01. The molecule has 7 nitrogen and oxygen atoms in total. The molecule has 1 aliphatic rings. The Kier molecular flexibility index (Phi) is 5.79. The van der Waals surface area contributed by atoms with Gasteiger partial charge in [0.1, 0.15) is 0 Å². The molecular weight excluding hydrogens is 346 g/mol. The van der Waals surface area contributed by atoms with Crippen molar-refractivity contribution in [2.24, 2.45) is 11.8 Å². The summed E-state index contributed by atoms with van der Waals surface area (Å²) in [7, 11) is 1.63. The third kappa shape index (κ3) is 3.43. The molecule has 7 heteroatoms. The third-order valence-electron chi connectivity index (χ3n) is 4.94. The molecule has 27 heavy (non-hydrogen) atoms. The lowest BCUT2D eigenvalue weighted by atomic mass is 9.87. The summed E-state index contributed by atoms with van der Waals surface area (Å²) in [6.45, 7) is 7.00. The molecule has 0 aliphatic carbocycles. The number of rotatable bonds is 7. The molecule has 1 aromatic heterocycles. The second kappa shape index (κ2) is 8.08. The molecule has 1 aromatic carbocycles. The number of methoxy groups -OCH3 is 1. The van der Waals surface area contributed by atoms with Crippen molar-refractivity contribution >= 4 is 28.9 Å². The monoisotopic (exact) mass is 373 g/mol. The minimum atomic E-state index is -0.877. The van der Waals surface area contributed by atoms with Crippen LogP contribution in [-0.2, 0) is 19.1 Å². The lowest BCUT2D eigenvalue weighted by Gasteiger charge is -2.39. The van der Waals surface area contributed by atoms with Crippen LogP contribution in [0.2, 0.25) is 0 Å². The Hall–Kier alpha value is -2.41. The fourth-order valence-corrected chi connectivity index (χ4v) is 3.81. The first kappa shape index (κ1) is 19.4. The van der Waals surface area contributed by atoms with E-state index in [0.29, 0.717) is 25.5 Å². The van der Waals surface area contributed by atoms with Crippen LogP contribution in [0.3, 0.4) is 0 Å². The zero-order chi connectivity index (χ0) is 19.6. The lowest BCUT2D eigenvalue weighted by Crippen LogP contribution is -2.51. The number of imidazole rings is 1. The van der Waals surface area contributed by atoms with Gasteiger partial charge in [-0.15, -0.1) is 0 Å². The van der Waals surface area contributed by atoms with Gasteiger partial charge in [0.25, 0.3) is 0 Å². The predicted molar refractivity (Wildman–Crippen MR) is 103 cm³/mol.